The number of hydrogen-bond donors (Lipinski definition) is 4. The number of phosphoric acid groups is 2. The summed E-state index contributed by atoms with van der Waals surface area (Å²) in [5, 5.41) is 20.6. The Morgan fingerprint density at radius 3 is 0.825 bits per heavy atom. The fourth-order valence-corrected chi connectivity index (χ4v) is 12.1. The first-order valence-corrected chi connectivity index (χ1v) is 43.1. The molecule has 5 unspecified atom stereocenters. The van der Waals surface area contributed by atoms with Crippen molar-refractivity contribution < 1.29 is 75.8 Å². The lowest BCUT2D eigenvalue weighted by molar-refractivity contribution is -0.161. The van der Waals surface area contributed by atoms with E-state index < -0.39 is 91.5 Å². The van der Waals surface area contributed by atoms with Gasteiger partial charge in [-0.15, -0.1) is 0 Å². The lowest BCUT2D eigenvalue weighted by Crippen LogP contribution is -2.30. The van der Waals surface area contributed by atoms with E-state index in [4.69, 9.17) is 32.3 Å². The van der Waals surface area contributed by atoms with E-state index in [1.54, 1.807) is 0 Å². The third-order valence-corrected chi connectivity index (χ3v) is 18.4. The van der Waals surface area contributed by atoms with Gasteiger partial charge in [0.25, 0.3) is 0 Å². The number of rotatable bonds is 75. The Balaban J connectivity index is 4.43. The Kier molecular flexibility index (Phi) is 73.6. The molecule has 0 bridgehead atoms. The van der Waals surface area contributed by atoms with Gasteiger partial charge in [-0.1, -0.05) is 308 Å². The van der Waals surface area contributed by atoms with Gasteiger partial charge in [-0.25, -0.2) is 9.13 Å². The van der Waals surface area contributed by atoms with Gasteiger partial charge in [0.05, 0.1) is 26.4 Å². The summed E-state index contributed by atoms with van der Waals surface area (Å²) in [5.41, 5.74) is 0. The van der Waals surface area contributed by atoms with Crippen molar-refractivity contribution >= 4 is 33.6 Å². The number of aliphatic hydroxyl groups is 2. The van der Waals surface area contributed by atoms with Crippen molar-refractivity contribution in [1.82, 2.24) is 0 Å². The van der Waals surface area contributed by atoms with Gasteiger partial charge in [0.2, 0.25) is 0 Å². The molecular formula is C85H144O16P2. The second-order valence-electron chi connectivity index (χ2n) is 26.5. The zero-order chi connectivity index (χ0) is 75.2. The molecule has 0 aromatic rings. The normalized spacial score (nSPS) is 14.7. The highest BCUT2D eigenvalue weighted by Crippen LogP contribution is 2.45. The molecule has 0 saturated heterocycles. The van der Waals surface area contributed by atoms with Crippen molar-refractivity contribution in [2.75, 3.05) is 39.6 Å². The van der Waals surface area contributed by atoms with Crippen LogP contribution in [0.1, 0.15) is 316 Å². The Bertz CT molecular complexity index is 2450. The molecule has 0 spiro atoms. The Morgan fingerprint density at radius 1 is 0.282 bits per heavy atom. The molecule has 0 aliphatic carbocycles. The maximum absolute atomic E-state index is 12.9. The monoisotopic (exact) mass is 1480 g/mol. The molecule has 0 amide bonds. The molecule has 0 saturated carbocycles. The highest BCUT2D eigenvalue weighted by molar-refractivity contribution is 7.47. The van der Waals surface area contributed by atoms with Gasteiger partial charge >= 0.3 is 33.6 Å². The molecule has 0 aromatic heterocycles. The van der Waals surface area contributed by atoms with Crippen molar-refractivity contribution in [2.45, 2.75) is 334 Å². The van der Waals surface area contributed by atoms with Gasteiger partial charge in [-0.2, -0.15) is 0 Å². The Labute approximate surface area is 626 Å². The molecule has 16 nitrogen and oxygen atoms in total. The van der Waals surface area contributed by atoms with Crippen LogP contribution in [-0.4, -0.2) is 95.9 Å². The summed E-state index contributed by atoms with van der Waals surface area (Å²) < 4.78 is 61.1. The van der Waals surface area contributed by atoms with E-state index >= 15 is 0 Å². The van der Waals surface area contributed by atoms with Gasteiger partial charge < -0.3 is 34.2 Å². The van der Waals surface area contributed by atoms with E-state index in [-0.39, 0.29) is 19.3 Å². The van der Waals surface area contributed by atoms with Gasteiger partial charge in [-0.3, -0.25) is 32.5 Å². The minimum Gasteiger partial charge on any atom is -0.463 e. The molecular weight excluding hydrogens is 1340 g/mol. The van der Waals surface area contributed by atoms with E-state index in [0.29, 0.717) is 19.3 Å². The van der Waals surface area contributed by atoms with Crippen LogP contribution in [0.25, 0.3) is 0 Å². The Morgan fingerprint density at radius 2 is 0.515 bits per heavy atom. The topological polar surface area (TPSA) is 231 Å². The molecule has 0 rings (SSSR count). The highest BCUT2D eigenvalue weighted by Gasteiger charge is 2.29. The molecule has 590 valence electrons. The molecule has 18 heteroatoms. The van der Waals surface area contributed by atoms with Gasteiger partial charge in [-0.05, 0) is 135 Å². The number of hydrogen-bond acceptors (Lipinski definition) is 14. The number of esters is 3. The van der Waals surface area contributed by atoms with E-state index in [0.717, 1.165) is 167 Å². The van der Waals surface area contributed by atoms with E-state index in [1.165, 1.54) is 89.9 Å². The number of aliphatic hydroxyl groups excluding tert-OH is 2. The molecule has 0 radical (unpaired) electrons. The fourth-order valence-electron chi connectivity index (χ4n) is 10.5. The number of allylic oxidation sites excluding steroid dienone is 24. The average molecular weight is 1480 g/mol. The van der Waals surface area contributed by atoms with Crippen molar-refractivity contribution in [3.05, 3.63) is 146 Å². The second-order valence-corrected chi connectivity index (χ2v) is 29.4. The van der Waals surface area contributed by atoms with Crippen LogP contribution < -0.4 is 0 Å². The van der Waals surface area contributed by atoms with Crippen LogP contribution in [0, 0.1) is 0 Å². The maximum Gasteiger partial charge on any atom is 0.472 e. The molecule has 0 aliphatic rings. The van der Waals surface area contributed by atoms with Gasteiger partial charge in [0, 0.05) is 19.3 Å². The number of carbonyl (C=O) groups is 3. The highest BCUT2D eigenvalue weighted by atomic mass is 31.2. The summed E-state index contributed by atoms with van der Waals surface area (Å²) in [6.07, 6.45) is 94.8. The fraction of sp³-hybridized carbons (Fsp3) is 0.682. The molecule has 0 aromatic carbocycles. The SMILES string of the molecule is CC/C=C\C/C=C\C/C=C\C/C=C\C/C=C\C/C=C\CCCCCCCCCCCCCCC(=O)OCC(O)COP(=O)(O)OCC(O)COP(=O)(O)OCC(COC(=O)CCCCCCCCCCC/C=C\C/C=C\C/C=C\C/C=C\C/C=C\CC)OC(=O)CCCCCCC/C=C\CCCC. The van der Waals surface area contributed by atoms with Gasteiger partial charge in [0.1, 0.15) is 25.4 Å². The standard InChI is InChI=1S/C85H144O16P2/c1-4-7-10-13-16-19-22-24-26-28-30-32-34-36-37-38-39-40-41-43-45-46-48-50-52-54-57-59-62-65-68-71-83(88)95-74-80(86)75-97-102(91,92)98-76-81(87)77-99-103(93,94)100-79-82(101-85(90)73-70-67-64-61-56-21-18-15-12-9-6-3)78-96-84(89)72-69-66-63-60-58-55-53-51-49-47-44-42-35-33-31-29-27-25-23-20-17-14-11-8-5-2/h7-8,10-11,15-20,24-27,30-33,36-37,39-40,42,44,80-82,86-87H,4-6,9,12-14,21-23,28-29,34-35,38,41,43,45-79H2,1-3H3,(H,91,92)(H,93,94)/b10-7-,11-8-,18-15-,19-16-,20-17-,26-24-,27-25-,32-30-,33-31-,37-36-,40-39-,44-42-. The number of carbonyl (C=O) groups excluding carboxylic acids is 3. The summed E-state index contributed by atoms with van der Waals surface area (Å²) >= 11 is 0. The van der Waals surface area contributed by atoms with Crippen LogP contribution in [0.2, 0.25) is 0 Å². The van der Waals surface area contributed by atoms with Crippen molar-refractivity contribution in [2.24, 2.45) is 0 Å². The largest absolute Gasteiger partial charge is 0.472 e. The van der Waals surface area contributed by atoms with E-state index in [1.807, 2.05) is 0 Å². The van der Waals surface area contributed by atoms with Crippen LogP contribution >= 0.6 is 15.6 Å². The maximum atomic E-state index is 12.9. The molecule has 0 aliphatic heterocycles. The molecule has 5 atom stereocenters. The van der Waals surface area contributed by atoms with Crippen molar-refractivity contribution in [3.8, 4) is 0 Å². The van der Waals surface area contributed by atoms with Crippen molar-refractivity contribution in [3.63, 3.8) is 0 Å². The summed E-state index contributed by atoms with van der Waals surface area (Å²) in [6.45, 7) is 2.40. The zero-order valence-electron chi connectivity index (χ0n) is 64.4. The van der Waals surface area contributed by atoms with E-state index in [2.05, 4.69) is 167 Å². The minimum absolute atomic E-state index is 0.0903. The van der Waals surface area contributed by atoms with Crippen LogP contribution in [-0.2, 0) is 55.8 Å². The van der Waals surface area contributed by atoms with Gasteiger partial charge in [0.15, 0.2) is 6.10 Å². The van der Waals surface area contributed by atoms with Crippen LogP contribution in [0.4, 0.5) is 0 Å². The number of unbranched alkanes of at least 4 members (excludes halogenated alkanes) is 28. The molecule has 4 N–H and O–H groups in total. The predicted molar refractivity (Wildman–Crippen MR) is 426 cm³/mol. The van der Waals surface area contributed by atoms with E-state index in [9.17, 15) is 43.5 Å². The number of ether oxygens (including phenoxy) is 3. The first kappa shape index (κ1) is 98.4. The third-order valence-electron chi connectivity index (χ3n) is 16.5. The zero-order valence-corrected chi connectivity index (χ0v) is 66.2. The predicted octanol–water partition coefficient (Wildman–Crippen LogP) is 23.7. The van der Waals surface area contributed by atoms with Crippen LogP contribution in [0.3, 0.4) is 0 Å². The lowest BCUT2D eigenvalue weighted by Gasteiger charge is -2.21. The Hall–Kier alpha value is -4.57. The smallest absolute Gasteiger partial charge is 0.463 e. The average Bonchev–Trinajstić information content (AvgIpc) is 0.914. The van der Waals surface area contributed by atoms with Crippen molar-refractivity contribution in [1.29, 1.82) is 0 Å². The minimum atomic E-state index is -4.93. The first-order valence-electron chi connectivity index (χ1n) is 40.1. The quantitative estimate of drug-likeness (QED) is 0.0146. The molecule has 0 heterocycles. The summed E-state index contributed by atoms with van der Waals surface area (Å²) in [7, 11) is -9.79. The molecule has 103 heavy (non-hydrogen) atoms. The second kappa shape index (κ2) is 77.1. The third kappa shape index (κ3) is 78.3. The summed E-state index contributed by atoms with van der Waals surface area (Å²) in [6, 6.07) is 0. The summed E-state index contributed by atoms with van der Waals surface area (Å²) in [5.74, 6) is -1.59. The van der Waals surface area contributed by atoms with Crippen LogP contribution in [0.5, 0.6) is 0 Å². The number of phosphoric ester groups is 2. The van der Waals surface area contributed by atoms with Crippen LogP contribution in [0.15, 0.2) is 146 Å². The molecule has 0 fully saturated rings. The first-order chi connectivity index (χ1) is 50.2. The summed E-state index contributed by atoms with van der Waals surface area (Å²) in [4.78, 5) is 58.6. The lowest BCUT2D eigenvalue weighted by atomic mass is 10.0.